The third-order valence-corrected chi connectivity index (χ3v) is 3.90. The van der Waals surface area contributed by atoms with Crippen molar-refractivity contribution in [2.75, 3.05) is 0 Å². The molecule has 2 heterocycles. The quantitative estimate of drug-likeness (QED) is 0.747. The van der Waals surface area contributed by atoms with Gasteiger partial charge in [-0.3, -0.25) is 4.99 Å². The first-order chi connectivity index (χ1) is 9.18. The molecule has 1 aromatic carbocycles. The summed E-state index contributed by atoms with van der Waals surface area (Å²) in [5.41, 5.74) is 3.23. The number of rotatable bonds is 1. The SMILES string of the molecule is Fc1cnc(Cl)nc1-c1ccc2c(c1)C=NC21CC1. The number of hydrogen-bond donors (Lipinski definition) is 0. The van der Waals surface area contributed by atoms with E-state index in [9.17, 15) is 4.39 Å². The van der Waals surface area contributed by atoms with Crippen LogP contribution in [0.1, 0.15) is 24.0 Å². The smallest absolute Gasteiger partial charge is 0.223 e. The van der Waals surface area contributed by atoms with Gasteiger partial charge in [-0.05, 0) is 41.6 Å². The Morgan fingerprint density at radius 1 is 1.26 bits per heavy atom. The highest BCUT2D eigenvalue weighted by molar-refractivity contribution is 6.28. The Bertz CT molecular complexity index is 723. The van der Waals surface area contributed by atoms with Crippen LogP contribution in [0.2, 0.25) is 5.28 Å². The van der Waals surface area contributed by atoms with E-state index >= 15 is 0 Å². The second kappa shape index (κ2) is 3.61. The molecule has 1 spiro atoms. The molecule has 1 aliphatic carbocycles. The number of fused-ring (bicyclic) bond motifs is 2. The van der Waals surface area contributed by atoms with Crippen LogP contribution < -0.4 is 0 Å². The average Bonchev–Trinajstić information content (AvgIpc) is 3.11. The van der Waals surface area contributed by atoms with Crippen molar-refractivity contribution in [3.8, 4) is 11.3 Å². The average molecular weight is 274 g/mol. The number of benzene rings is 1. The molecule has 4 rings (SSSR count). The van der Waals surface area contributed by atoms with Crippen molar-refractivity contribution in [1.82, 2.24) is 9.97 Å². The molecule has 0 saturated heterocycles. The van der Waals surface area contributed by atoms with Crippen LogP contribution in [0.4, 0.5) is 4.39 Å². The molecule has 1 aliphatic heterocycles. The molecular weight excluding hydrogens is 265 g/mol. The molecule has 0 radical (unpaired) electrons. The van der Waals surface area contributed by atoms with Gasteiger partial charge in [-0.15, -0.1) is 0 Å². The lowest BCUT2D eigenvalue weighted by atomic mass is 9.99. The number of aliphatic imine (C=N–C) groups is 1. The zero-order valence-electron chi connectivity index (χ0n) is 9.90. The Morgan fingerprint density at radius 3 is 2.89 bits per heavy atom. The van der Waals surface area contributed by atoms with Crippen molar-refractivity contribution in [2.45, 2.75) is 18.4 Å². The van der Waals surface area contributed by atoms with Gasteiger partial charge in [-0.1, -0.05) is 12.1 Å². The lowest BCUT2D eigenvalue weighted by Crippen LogP contribution is -1.99. The van der Waals surface area contributed by atoms with Gasteiger partial charge in [-0.25, -0.2) is 14.4 Å². The molecule has 2 aliphatic rings. The first kappa shape index (κ1) is 11.1. The maximum atomic E-state index is 13.8. The van der Waals surface area contributed by atoms with Gasteiger partial charge in [0, 0.05) is 11.8 Å². The van der Waals surface area contributed by atoms with E-state index in [0.29, 0.717) is 5.56 Å². The Labute approximate surface area is 114 Å². The fourth-order valence-electron chi connectivity index (χ4n) is 2.57. The molecule has 0 unspecified atom stereocenters. The summed E-state index contributed by atoms with van der Waals surface area (Å²) in [4.78, 5) is 12.1. The molecule has 1 saturated carbocycles. The minimum atomic E-state index is -0.472. The van der Waals surface area contributed by atoms with E-state index < -0.39 is 5.82 Å². The number of aromatic nitrogens is 2. The zero-order chi connectivity index (χ0) is 13.0. The van der Waals surface area contributed by atoms with Gasteiger partial charge >= 0.3 is 0 Å². The molecule has 0 N–H and O–H groups in total. The maximum Gasteiger partial charge on any atom is 0.223 e. The van der Waals surface area contributed by atoms with Crippen molar-refractivity contribution in [2.24, 2.45) is 4.99 Å². The van der Waals surface area contributed by atoms with E-state index in [1.807, 2.05) is 24.4 Å². The van der Waals surface area contributed by atoms with Crippen LogP contribution in [-0.2, 0) is 5.54 Å². The fourth-order valence-corrected chi connectivity index (χ4v) is 2.70. The molecule has 0 bridgehead atoms. The van der Waals surface area contributed by atoms with E-state index in [-0.39, 0.29) is 16.5 Å². The first-order valence-electron chi connectivity index (χ1n) is 6.06. The van der Waals surface area contributed by atoms with Gasteiger partial charge in [0.05, 0.1) is 11.7 Å². The highest BCUT2D eigenvalue weighted by Crippen LogP contribution is 2.53. The highest BCUT2D eigenvalue weighted by Gasteiger charge is 2.47. The lowest BCUT2D eigenvalue weighted by molar-refractivity contribution is 0.618. The Balaban J connectivity index is 1.85. The van der Waals surface area contributed by atoms with Gasteiger partial charge < -0.3 is 0 Å². The Kier molecular flexibility index (Phi) is 2.10. The monoisotopic (exact) mass is 273 g/mol. The molecule has 1 fully saturated rings. The predicted molar refractivity (Wildman–Crippen MR) is 70.9 cm³/mol. The van der Waals surface area contributed by atoms with Gasteiger partial charge in [0.15, 0.2) is 5.82 Å². The van der Waals surface area contributed by atoms with Gasteiger partial charge in [0.25, 0.3) is 0 Å². The van der Waals surface area contributed by atoms with Crippen molar-refractivity contribution < 1.29 is 4.39 Å². The molecule has 19 heavy (non-hydrogen) atoms. The molecular formula is C14H9ClFN3. The first-order valence-corrected chi connectivity index (χ1v) is 6.44. The Hall–Kier alpha value is -1.81. The zero-order valence-corrected chi connectivity index (χ0v) is 10.7. The summed E-state index contributed by atoms with van der Waals surface area (Å²) in [6.07, 6.45) is 5.16. The molecule has 94 valence electrons. The van der Waals surface area contributed by atoms with Gasteiger partial charge in [-0.2, -0.15) is 0 Å². The second-order valence-corrected chi connectivity index (χ2v) is 5.27. The van der Waals surface area contributed by atoms with E-state index in [1.54, 1.807) is 0 Å². The molecule has 3 nitrogen and oxygen atoms in total. The summed E-state index contributed by atoms with van der Waals surface area (Å²) in [6.45, 7) is 0. The molecule has 1 aromatic heterocycles. The van der Waals surface area contributed by atoms with E-state index in [0.717, 1.165) is 24.6 Å². The number of nitrogens with zero attached hydrogens (tertiary/aromatic N) is 3. The van der Waals surface area contributed by atoms with Crippen LogP contribution in [0.15, 0.2) is 29.4 Å². The molecule has 2 aromatic rings. The summed E-state index contributed by atoms with van der Waals surface area (Å²) in [6, 6.07) is 5.79. The van der Waals surface area contributed by atoms with E-state index in [2.05, 4.69) is 15.0 Å². The fraction of sp³-hybridized carbons (Fsp3) is 0.214. The van der Waals surface area contributed by atoms with Crippen molar-refractivity contribution in [3.05, 3.63) is 46.6 Å². The summed E-state index contributed by atoms with van der Waals surface area (Å²) < 4.78 is 13.8. The maximum absolute atomic E-state index is 13.8. The standard InChI is InChI=1S/C14H9ClFN3/c15-13-17-7-11(16)12(19-13)8-1-2-10-9(5-8)6-18-14(10)3-4-14/h1-2,5-7H,3-4H2. The lowest BCUT2D eigenvalue weighted by Gasteiger charge is -2.08. The molecule has 0 amide bonds. The Morgan fingerprint density at radius 2 is 2.11 bits per heavy atom. The number of halogens is 2. The highest BCUT2D eigenvalue weighted by atomic mass is 35.5. The minimum absolute atomic E-state index is 0.0235. The van der Waals surface area contributed by atoms with Crippen LogP contribution >= 0.6 is 11.6 Å². The normalized spacial score (nSPS) is 17.8. The van der Waals surface area contributed by atoms with Crippen molar-refractivity contribution in [3.63, 3.8) is 0 Å². The molecule has 5 heteroatoms. The van der Waals surface area contributed by atoms with Gasteiger partial charge in [0.1, 0.15) is 5.69 Å². The van der Waals surface area contributed by atoms with Crippen molar-refractivity contribution >= 4 is 17.8 Å². The summed E-state index contributed by atoms with van der Waals surface area (Å²) in [7, 11) is 0. The summed E-state index contributed by atoms with van der Waals surface area (Å²) >= 11 is 5.72. The van der Waals surface area contributed by atoms with Crippen molar-refractivity contribution in [1.29, 1.82) is 0 Å². The third kappa shape index (κ3) is 1.60. The minimum Gasteiger partial charge on any atom is -0.281 e. The number of hydrogen-bond acceptors (Lipinski definition) is 3. The third-order valence-electron chi connectivity index (χ3n) is 3.72. The molecule has 0 atom stereocenters. The topological polar surface area (TPSA) is 38.1 Å². The van der Waals surface area contributed by atoms with Gasteiger partial charge in [0.2, 0.25) is 5.28 Å². The van der Waals surface area contributed by atoms with Crippen LogP contribution in [0.5, 0.6) is 0 Å². The summed E-state index contributed by atoms with van der Waals surface area (Å²) in [5, 5.41) is 0.0456. The van der Waals surface area contributed by atoms with Crippen LogP contribution in [0, 0.1) is 5.82 Å². The van der Waals surface area contributed by atoms with Crippen LogP contribution in [-0.4, -0.2) is 16.2 Å². The van der Waals surface area contributed by atoms with E-state index in [4.69, 9.17) is 11.6 Å². The second-order valence-electron chi connectivity index (χ2n) is 4.93. The predicted octanol–water partition coefficient (Wildman–Crippen LogP) is 3.36. The largest absolute Gasteiger partial charge is 0.281 e. The summed E-state index contributed by atoms with van der Waals surface area (Å²) in [5.74, 6) is -0.472. The van der Waals surface area contributed by atoms with E-state index in [1.165, 1.54) is 5.56 Å². The van der Waals surface area contributed by atoms with Crippen LogP contribution in [0.3, 0.4) is 0 Å². The van der Waals surface area contributed by atoms with Crippen LogP contribution in [0.25, 0.3) is 11.3 Å².